The van der Waals surface area contributed by atoms with Gasteiger partial charge in [-0.1, -0.05) is 43.8 Å². The van der Waals surface area contributed by atoms with Crippen LogP contribution in [-0.4, -0.2) is 45.1 Å². The summed E-state index contributed by atoms with van der Waals surface area (Å²) in [5, 5.41) is 3.75. The van der Waals surface area contributed by atoms with E-state index >= 15 is 0 Å². The number of rotatable bonds is 9. The zero-order valence-corrected chi connectivity index (χ0v) is 19.4. The van der Waals surface area contributed by atoms with Gasteiger partial charge in [-0.2, -0.15) is 0 Å². The molecule has 0 spiro atoms. The SMILES string of the molecule is CCN(CC)C(=O)c1cccc(NC(=O)CSc2nc3ccccc3n2CC(C)C)c1. The fraction of sp³-hybridized carbons (Fsp3) is 0.375. The van der Waals surface area contributed by atoms with Gasteiger partial charge in [-0.15, -0.1) is 0 Å². The third-order valence-corrected chi connectivity index (χ3v) is 5.92. The first-order valence-corrected chi connectivity index (χ1v) is 11.7. The Morgan fingerprint density at radius 2 is 1.84 bits per heavy atom. The fourth-order valence-corrected chi connectivity index (χ4v) is 4.28. The second kappa shape index (κ2) is 10.5. The molecule has 0 saturated carbocycles. The fourth-order valence-electron chi connectivity index (χ4n) is 3.46. The van der Waals surface area contributed by atoms with Crippen molar-refractivity contribution >= 4 is 40.3 Å². The molecule has 2 amide bonds. The minimum absolute atomic E-state index is 0.0297. The lowest BCUT2D eigenvalue weighted by Crippen LogP contribution is -2.30. The van der Waals surface area contributed by atoms with Crippen LogP contribution in [0, 0.1) is 5.92 Å². The number of amides is 2. The molecule has 0 bridgehead atoms. The van der Waals surface area contributed by atoms with Crippen molar-refractivity contribution in [2.24, 2.45) is 5.92 Å². The molecule has 0 saturated heterocycles. The Bertz CT molecular complexity index is 1060. The van der Waals surface area contributed by atoms with Crippen molar-refractivity contribution in [2.45, 2.75) is 39.4 Å². The molecule has 0 atom stereocenters. The Morgan fingerprint density at radius 1 is 1.10 bits per heavy atom. The van der Waals surface area contributed by atoms with Crippen LogP contribution in [-0.2, 0) is 11.3 Å². The highest BCUT2D eigenvalue weighted by atomic mass is 32.2. The number of fused-ring (bicyclic) bond motifs is 1. The molecule has 7 heteroatoms. The highest BCUT2D eigenvalue weighted by Crippen LogP contribution is 2.25. The second-order valence-electron chi connectivity index (χ2n) is 7.78. The van der Waals surface area contributed by atoms with E-state index in [1.165, 1.54) is 11.8 Å². The van der Waals surface area contributed by atoms with Crippen molar-refractivity contribution in [3.8, 4) is 0 Å². The van der Waals surface area contributed by atoms with Crippen molar-refractivity contribution < 1.29 is 9.59 Å². The zero-order chi connectivity index (χ0) is 22.4. The number of nitrogens with one attached hydrogen (secondary N) is 1. The number of imidazole rings is 1. The quantitative estimate of drug-likeness (QED) is 0.482. The van der Waals surface area contributed by atoms with Gasteiger partial charge in [-0.05, 0) is 50.1 Å². The molecule has 164 valence electrons. The van der Waals surface area contributed by atoms with E-state index in [4.69, 9.17) is 4.98 Å². The molecule has 3 rings (SSSR count). The highest BCUT2D eigenvalue weighted by Gasteiger charge is 2.15. The van der Waals surface area contributed by atoms with Crippen molar-refractivity contribution in [3.63, 3.8) is 0 Å². The maximum absolute atomic E-state index is 12.6. The van der Waals surface area contributed by atoms with Crippen LogP contribution in [0.2, 0.25) is 0 Å². The summed E-state index contributed by atoms with van der Waals surface area (Å²) in [5.41, 5.74) is 3.22. The topological polar surface area (TPSA) is 67.2 Å². The van der Waals surface area contributed by atoms with Crippen LogP contribution >= 0.6 is 11.8 Å². The van der Waals surface area contributed by atoms with E-state index in [0.29, 0.717) is 30.3 Å². The van der Waals surface area contributed by atoms with Crippen LogP contribution < -0.4 is 5.32 Å². The van der Waals surface area contributed by atoms with Crippen LogP contribution in [0.1, 0.15) is 38.1 Å². The summed E-state index contributed by atoms with van der Waals surface area (Å²) in [6.07, 6.45) is 0. The molecule has 1 N–H and O–H groups in total. The van der Waals surface area contributed by atoms with Gasteiger partial charge in [-0.3, -0.25) is 9.59 Å². The molecule has 3 aromatic rings. The number of thioether (sulfide) groups is 1. The lowest BCUT2D eigenvalue weighted by molar-refractivity contribution is -0.113. The van der Waals surface area contributed by atoms with Crippen molar-refractivity contribution in [3.05, 3.63) is 54.1 Å². The smallest absolute Gasteiger partial charge is 0.253 e. The number of para-hydroxylation sites is 2. The van der Waals surface area contributed by atoms with Gasteiger partial charge in [0.05, 0.1) is 16.8 Å². The Labute approximate surface area is 188 Å². The summed E-state index contributed by atoms with van der Waals surface area (Å²) in [7, 11) is 0. The lowest BCUT2D eigenvalue weighted by Gasteiger charge is -2.19. The molecule has 0 fully saturated rings. The van der Waals surface area contributed by atoms with E-state index in [-0.39, 0.29) is 17.6 Å². The summed E-state index contributed by atoms with van der Waals surface area (Å²) in [5.74, 6) is 0.561. The van der Waals surface area contributed by atoms with E-state index in [1.54, 1.807) is 29.2 Å². The van der Waals surface area contributed by atoms with E-state index in [9.17, 15) is 9.59 Å². The predicted octanol–water partition coefficient (Wildman–Crippen LogP) is 4.91. The van der Waals surface area contributed by atoms with Gasteiger partial charge >= 0.3 is 0 Å². The number of benzene rings is 2. The maximum atomic E-state index is 12.6. The van der Waals surface area contributed by atoms with Crippen LogP contribution in [0.3, 0.4) is 0 Å². The Kier molecular flexibility index (Phi) is 7.74. The summed E-state index contributed by atoms with van der Waals surface area (Å²) in [6.45, 7) is 10.4. The van der Waals surface area contributed by atoms with E-state index < -0.39 is 0 Å². The van der Waals surface area contributed by atoms with Gasteiger partial charge in [0.25, 0.3) is 5.91 Å². The van der Waals surface area contributed by atoms with Gasteiger partial charge in [0, 0.05) is 30.9 Å². The average Bonchev–Trinajstić information content (AvgIpc) is 3.10. The number of anilines is 1. The van der Waals surface area contributed by atoms with E-state index in [0.717, 1.165) is 22.7 Å². The summed E-state index contributed by atoms with van der Waals surface area (Å²) in [6, 6.07) is 15.1. The zero-order valence-electron chi connectivity index (χ0n) is 18.6. The normalized spacial score (nSPS) is 11.1. The van der Waals surface area contributed by atoms with Crippen LogP contribution in [0.15, 0.2) is 53.7 Å². The molecule has 6 nitrogen and oxygen atoms in total. The summed E-state index contributed by atoms with van der Waals surface area (Å²) >= 11 is 1.43. The molecule has 1 aromatic heterocycles. The minimum Gasteiger partial charge on any atom is -0.339 e. The summed E-state index contributed by atoms with van der Waals surface area (Å²) < 4.78 is 2.18. The Hall–Kier alpha value is -2.80. The molecule has 1 heterocycles. The van der Waals surface area contributed by atoms with Crippen LogP contribution in [0.25, 0.3) is 11.0 Å². The third-order valence-electron chi connectivity index (χ3n) is 4.94. The standard InChI is InChI=1S/C24H30N4O2S/c1-5-27(6-2)23(30)18-10-9-11-19(14-18)25-22(29)16-31-24-26-20-12-7-8-13-21(20)28(24)15-17(3)4/h7-14,17H,5-6,15-16H2,1-4H3,(H,25,29). The monoisotopic (exact) mass is 438 g/mol. The second-order valence-corrected chi connectivity index (χ2v) is 8.73. The number of hydrogen-bond acceptors (Lipinski definition) is 4. The first-order valence-electron chi connectivity index (χ1n) is 10.7. The Morgan fingerprint density at radius 3 is 2.55 bits per heavy atom. The average molecular weight is 439 g/mol. The number of carbonyl (C=O) groups is 2. The molecular formula is C24H30N4O2S. The van der Waals surface area contributed by atoms with Crippen molar-refractivity contribution in [2.75, 3.05) is 24.2 Å². The molecule has 31 heavy (non-hydrogen) atoms. The Balaban J connectivity index is 1.69. The summed E-state index contributed by atoms with van der Waals surface area (Å²) in [4.78, 5) is 31.6. The van der Waals surface area contributed by atoms with Gasteiger partial charge in [0.1, 0.15) is 0 Å². The van der Waals surface area contributed by atoms with Crippen molar-refractivity contribution in [1.29, 1.82) is 0 Å². The van der Waals surface area contributed by atoms with Crippen LogP contribution in [0.4, 0.5) is 5.69 Å². The molecule has 0 radical (unpaired) electrons. The highest BCUT2D eigenvalue weighted by molar-refractivity contribution is 7.99. The maximum Gasteiger partial charge on any atom is 0.253 e. The van der Waals surface area contributed by atoms with Crippen LogP contribution in [0.5, 0.6) is 0 Å². The molecule has 0 aliphatic heterocycles. The molecule has 0 aliphatic rings. The lowest BCUT2D eigenvalue weighted by atomic mass is 10.1. The number of hydrogen-bond donors (Lipinski definition) is 1. The van der Waals surface area contributed by atoms with Gasteiger partial charge in [0.15, 0.2) is 5.16 Å². The molecule has 0 unspecified atom stereocenters. The van der Waals surface area contributed by atoms with E-state index in [1.807, 2.05) is 32.0 Å². The van der Waals surface area contributed by atoms with Gasteiger partial charge in [-0.25, -0.2) is 4.98 Å². The van der Waals surface area contributed by atoms with Crippen molar-refractivity contribution in [1.82, 2.24) is 14.5 Å². The number of aromatic nitrogens is 2. The van der Waals surface area contributed by atoms with Gasteiger partial charge in [0.2, 0.25) is 5.91 Å². The third kappa shape index (κ3) is 5.67. The number of nitrogens with zero attached hydrogens (tertiary/aromatic N) is 3. The van der Waals surface area contributed by atoms with E-state index in [2.05, 4.69) is 29.8 Å². The predicted molar refractivity (Wildman–Crippen MR) is 128 cm³/mol. The molecular weight excluding hydrogens is 408 g/mol. The minimum atomic E-state index is -0.124. The first-order chi connectivity index (χ1) is 14.9. The largest absolute Gasteiger partial charge is 0.339 e. The van der Waals surface area contributed by atoms with Gasteiger partial charge < -0.3 is 14.8 Å². The molecule has 2 aromatic carbocycles. The first kappa shape index (κ1) is 22.9. The number of carbonyl (C=O) groups excluding carboxylic acids is 2. The molecule has 0 aliphatic carbocycles.